The largest absolute Gasteiger partial charge is 0.495 e. The number of pyridine rings is 1. The summed E-state index contributed by atoms with van der Waals surface area (Å²) >= 11 is 0. The maximum atomic E-state index is 13.3. The van der Waals surface area contributed by atoms with Gasteiger partial charge in [-0.05, 0) is 42.8 Å². The lowest BCUT2D eigenvalue weighted by Crippen LogP contribution is -2.26. The molecule has 0 aliphatic rings. The third-order valence-electron chi connectivity index (χ3n) is 5.04. The highest BCUT2D eigenvalue weighted by Crippen LogP contribution is 2.28. The normalized spacial score (nSPS) is 11.6. The molecule has 4 rings (SSSR count). The Labute approximate surface area is 185 Å². The molecule has 0 aliphatic heterocycles. The summed E-state index contributed by atoms with van der Waals surface area (Å²) in [6, 6.07) is 23.1. The number of hydrogen-bond donors (Lipinski definition) is 1. The van der Waals surface area contributed by atoms with Gasteiger partial charge in [-0.25, -0.2) is 4.79 Å². The Kier molecular flexibility index (Phi) is 6.12. The van der Waals surface area contributed by atoms with E-state index in [0.717, 1.165) is 5.56 Å². The first kappa shape index (κ1) is 21.1. The first-order chi connectivity index (χ1) is 15.6. The average molecular weight is 426 g/mol. The van der Waals surface area contributed by atoms with Gasteiger partial charge >= 0.3 is 5.97 Å². The van der Waals surface area contributed by atoms with Gasteiger partial charge in [0.25, 0.3) is 5.91 Å². The number of aromatic nitrogens is 1. The SMILES string of the molecule is COc1ccc(C)cc1NC(=O)C(OC(=O)c1cccc2ncccc12)c1ccccc1. The molecule has 0 radical (unpaired) electrons. The number of esters is 1. The van der Waals surface area contributed by atoms with E-state index in [2.05, 4.69) is 10.3 Å². The van der Waals surface area contributed by atoms with Crippen LogP contribution in [0.4, 0.5) is 5.69 Å². The fraction of sp³-hybridized carbons (Fsp3) is 0.115. The van der Waals surface area contributed by atoms with Crippen LogP contribution in [0.1, 0.15) is 27.6 Å². The third kappa shape index (κ3) is 4.44. The Balaban J connectivity index is 1.66. The topological polar surface area (TPSA) is 77.5 Å². The number of nitrogens with one attached hydrogen (secondary N) is 1. The van der Waals surface area contributed by atoms with Crippen molar-refractivity contribution in [1.29, 1.82) is 0 Å². The molecule has 0 aliphatic carbocycles. The molecule has 32 heavy (non-hydrogen) atoms. The van der Waals surface area contributed by atoms with Crippen molar-refractivity contribution in [3.8, 4) is 5.75 Å². The molecular weight excluding hydrogens is 404 g/mol. The number of carbonyl (C=O) groups is 2. The second-order valence-electron chi connectivity index (χ2n) is 7.26. The predicted molar refractivity (Wildman–Crippen MR) is 123 cm³/mol. The van der Waals surface area contributed by atoms with Gasteiger partial charge in [-0.15, -0.1) is 0 Å². The summed E-state index contributed by atoms with van der Waals surface area (Å²) in [6.07, 6.45) is 0.508. The zero-order chi connectivity index (χ0) is 22.5. The molecule has 3 aromatic carbocycles. The minimum absolute atomic E-state index is 0.345. The molecule has 1 heterocycles. The molecule has 0 saturated carbocycles. The standard InChI is InChI=1S/C26H22N2O4/c1-17-13-14-23(31-2)22(16-17)28-25(29)24(18-8-4-3-5-9-18)32-26(30)20-10-6-12-21-19(20)11-7-15-27-21/h3-16,24H,1-2H3,(H,28,29). The Morgan fingerprint density at radius 1 is 0.938 bits per heavy atom. The van der Waals surface area contributed by atoms with Gasteiger partial charge in [0.15, 0.2) is 0 Å². The van der Waals surface area contributed by atoms with E-state index < -0.39 is 18.0 Å². The molecule has 0 saturated heterocycles. The molecular formula is C26H22N2O4. The van der Waals surface area contributed by atoms with Crippen LogP contribution in [-0.2, 0) is 9.53 Å². The van der Waals surface area contributed by atoms with Crippen molar-refractivity contribution in [2.24, 2.45) is 0 Å². The number of aryl methyl sites for hydroxylation is 1. The molecule has 6 heteroatoms. The van der Waals surface area contributed by atoms with E-state index in [1.807, 2.05) is 25.1 Å². The van der Waals surface area contributed by atoms with E-state index >= 15 is 0 Å². The van der Waals surface area contributed by atoms with Gasteiger partial charge < -0.3 is 14.8 Å². The summed E-state index contributed by atoms with van der Waals surface area (Å²) in [6.45, 7) is 1.92. The van der Waals surface area contributed by atoms with Crippen LogP contribution in [-0.4, -0.2) is 24.0 Å². The van der Waals surface area contributed by atoms with Gasteiger partial charge in [-0.2, -0.15) is 0 Å². The first-order valence-corrected chi connectivity index (χ1v) is 10.1. The van der Waals surface area contributed by atoms with Crippen LogP contribution < -0.4 is 10.1 Å². The van der Waals surface area contributed by atoms with E-state index in [1.165, 1.54) is 7.11 Å². The van der Waals surface area contributed by atoms with Crippen LogP contribution in [0.5, 0.6) is 5.75 Å². The molecule has 1 aromatic heterocycles. The number of fused-ring (bicyclic) bond motifs is 1. The van der Waals surface area contributed by atoms with Gasteiger partial charge in [0.1, 0.15) is 5.75 Å². The monoisotopic (exact) mass is 426 g/mol. The van der Waals surface area contributed by atoms with Crippen LogP contribution >= 0.6 is 0 Å². The molecule has 160 valence electrons. The number of anilines is 1. The zero-order valence-corrected chi connectivity index (χ0v) is 17.7. The van der Waals surface area contributed by atoms with Crippen molar-refractivity contribution in [3.63, 3.8) is 0 Å². The van der Waals surface area contributed by atoms with Crippen LogP contribution in [0.2, 0.25) is 0 Å². The number of amides is 1. The van der Waals surface area contributed by atoms with Gasteiger partial charge in [-0.3, -0.25) is 9.78 Å². The summed E-state index contributed by atoms with van der Waals surface area (Å²) in [4.78, 5) is 30.7. The Morgan fingerprint density at radius 3 is 2.53 bits per heavy atom. The number of methoxy groups -OCH3 is 1. The predicted octanol–water partition coefficient (Wildman–Crippen LogP) is 5.09. The number of hydrogen-bond acceptors (Lipinski definition) is 5. The number of benzene rings is 3. The van der Waals surface area contributed by atoms with E-state index in [4.69, 9.17) is 9.47 Å². The Bertz CT molecular complexity index is 1270. The third-order valence-corrected chi connectivity index (χ3v) is 5.04. The molecule has 0 fully saturated rings. The average Bonchev–Trinajstić information content (AvgIpc) is 2.82. The summed E-state index contributed by atoms with van der Waals surface area (Å²) < 4.78 is 11.1. The van der Waals surface area contributed by atoms with Gasteiger partial charge in [0, 0.05) is 17.1 Å². The quantitative estimate of drug-likeness (QED) is 0.435. The van der Waals surface area contributed by atoms with E-state index in [0.29, 0.717) is 33.5 Å². The zero-order valence-electron chi connectivity index (χ0n) is 17.7. The van der Waals surface area contributed by atoms with Crippen molar-refractivity contribution in [2.75, 3.05) is 12.4 Å². The van der Waals surface area contributed by atoms with E-state index in [-0.39, 0.29) is 0 Å². The van der Waals surface area contributed by atoms with Crippen LogP contribution in [0.15, 0.2) is 85.1 Å². The van der Waals surface area contributed by atoms with E-state index in [9.17, 15) is 9.59 Å². The molecule has 1 atom stereocenters. The fourth-order valence-electron chi connectivity index (χ4n) is 3.47. The van der Waals surface area contributed by atoms with Gasteiger partial charge in [0.05, 0.1) is 23.9 Å². The molecule has 0 spiro atoms. The van der Waals surface area contributed by atoms with Crippen LogP contribution in [0, 0.1) is 6.92 Å². The van der Waals surface area contributed by atoms with Crippen molar-refractivity contribution in [1.82, 2.24) is 4.98 Å². The lowest BCUT2D eigenvalue weighted by molar-refractivity contribution is -0.125. The minimum atomic E-state index is -1.15. The molecule has 1 unspecified atom stereocenters. The number of ether oxygens (including phenoxy) is 2. The van der Waals surface area contributed by atoms with Crippen molar-refractivity contribution in [2.45, 2.75) is 13.0 Å². The summed E-state index contributed by atoms with van der Waals surface area (Å²) in [5.41, 5.74) is 3.04. The lowest BCUT2D eigenvalue weighted by Gasteiger charge is -2.19. The summed E-state index contributed by atoms with van der Waals surface area (Å²) in [7, 11) is 1.53. The highest BCUT2D eigenvalue weighted by molar-refractivity contribution is 6.05. The first-order valence-electron chi connectivity index (χ1n) is 10.1. The van der Waals surface area contributed by atoms with Crippen LogP contribution in [0.25, 0.3) is 10.9 Å². The smallest absolute Gasteiger partial charge is 0.339 e. The molecule has 6 nitrogen and oxygen atoms in total. The molecule has 4 aromatic rings. The molecule has 1 N–H and O–H groups in total. The molecule has 1 amide bonds. The van der Waals surface area contributed by atoms with Crippen molar-refractivity contribution in [3.05, 3.63) is 102 Å². The minimum Gasteiger partial charge on any atom is -0.495 e. The lowest BCUT2D eigenvalue weighted by atomic mass is 10.1. The van der Waals surface area contributed by atoms with Crippen molar-refractivity contribution < 1.29 is 19.1 Å². The highest BCUT2D eigenvalue weighted by Gasteiger charge is 2.27. The maximum Gasteiger partial charge on any atom is 0.339 e. The Morgan fingerprint density at radius 2 is 1.75 bits per heavy atom. The van der Waals surface area contributed by atoms with Gasteiger partial charge in [-0.1, -0.05) is 48.5 Å². The number of rotatable bonds is 6. The van der Waals surface area contributed by atoms with E-state index in [1.54, 1.807) is 66.9 Å². The summed E-state index contributed by atoms with van der Waals surface area (Å²) in [5.74, 6) is -0.571. The maximum absolute atomic E-state index is 13.3. The van der Waals surface area contributed by atoms with Crippen LogP contribution in [0.3, 0.4) is 0 Å². The summed E-state index contributed by atoms with van der Waals surface area (Å²) in [5, 5.41) is 3.50. The van der Waals surface area contributed by atoms with Crippen molar-refractivity contribution >= 4 is 28.5 Å². The number of carbonyl (C=O) groups excluding carboxylic acids is 2. The fourth-order valence-corrected chi connectivity index (χ4v) is 3.47. The second-order valence-corrected chi connectivity index (χ2v) is 7.26. The Hall–Kier alpha value is -4.19. The second kappa shape index (κ2) is 9.31. The highest BCUT2D eigenvalue weighted by atomic mass is 16.5. The molecule has 0 bridgehead atoms. The van der Waals surface area contributed by atoms with Gasteiger partial charge in [0.2, 0.25) is 6.10 Å². The number of nitrogens with zero attached hydrogens (tertiary/aromatic N) is 1.